The Kier molecular flexibility index (Phi) is 2.92. The van der Waals surface area contributed by atoms with Gasteiger partial charge in [-0.15, -0.1) is 0 Å². The van der Waals surface area contributed by atoms with Crippen molar-refractivity contribution >= 4 is 17.0 Å². The van der Waals surface area contributed by atoms with Gasteiger partial charge in [-0.25, -0.2) is 0 Å². The quantitative estimate of drug-likeness (QED) is 0.803. The van der Waals surface area contributed by atoms with Crippen molar-refractivity contribution in [3.63, 3.8) is 0 Å². The molecule has 0 aliphatic carbocycles. The Morgan fingerprint density at radius 3 is 2.80 bits per heavy atom. The maximum atomic E-state index is 5.82. The zero-order valence-electron chi connectivity index (χ0n) is 8.57. The second kappa shape index (κ2) is 4.36. The second-order valence-corrected chi connectivity index (χ2v) is 4.02. The smallest absolute Gasteiger partial charge is 0.121 e. The van der Waals surface area contributed by atoms with E-state index >= 15 is 0 Å². The van der Waals surface area contributed by atoms with Gasteiger partial charge < -0.3 is 10.5 Å². The van der Waals surface area contributed by atoms with Gasteiger partial charge in [0.15, 0.2) is 0 Å². The van der Waals surface area contributed by atoms with Crippen molar-refractivity contribution in [3.05, 3.63) is 35.0 Å². The van der Waals surface area contributed by atoms with E-state index < -0.39 is 0 Å². The van der Waals surface area contributed by atoms with Crippen molar-refractivity contribution in [2.45, 2.75) is 6.92 Å². The molecule has 0 saturated heterocycles. The first-order valence-corrected chi connectivity index (χ1v) is 5.80. The summed E-state index contributed by atoms with van der Waals surface area (Å²) in [5, 5.41) is 4.16. The highest BCUT2D eigenvalue weighted by Crippen LogP contribution is 2.28. The monoisotopic (exact) mass is 219 g/mol. The topological polar surface area (TPSA) is 35.2 Å². The summed E-state index contributed by atoms with van der Waals surface area (Å²) >= 11 is 1.68. The van der Waals surface area contributed by atoms with E-state index in [4.69, 9.17) is 10.5 Å². The highest BCUT2D eigenvalue weighted by atomic mass is 32.1. The first-order valence-electron chi connectivity index (χ1n) is 4.85. The van der Waals surface area contributed by atoms with E-state index in [9.17, 15) is 0 Å². The Morgan fingerprint density at radius 2 is 2.13 bits per heavy atom. The van der Waals surface area contributed by atoms with Gasteiger partial charge in [0.05, 0.1) is 6.61 Å². The second-order valence-electron chi connectivity index (χ2n) is 3.24. The molecule has 1 aromatic carbocycles. The fourth-order valence-electron chi connectivity index (χ4n) is 1.47. The summed E-state index contributed by atoms with van der Waals surface area (Å²) < 4.78 is 5.45. The summed E-state index contributed by atoms with van der Waals surface area (Å²) in [6, 6.07) is 7.90. The van der Waals surface area contributed by atoms with Gasteiger partial charge in [0.2, 0.25) is 0 Å². The molecule has 0 atom stereocenters. The van der Waals surface area contributed by atoms with E-state index in [0.717, 1.165) is 17.0 Å². The molecule has 0 fully saturated rings. The highest BCUT2D eigenvalue weighted by Gasteiger charge is 2.02. The number of nitrogen functional groups attached to an aromatic ring is 1. The molecular formula is C12H13NOS. The van der Waals surface area contributed by atoms with Gasteiger partial charge in [-0.05, 0) is 47.0 Å². The molecule has 15 heavy (non-hydrogen) atoms. The summed E-state index contributed by atoms with van der Waals surface area (Å²) in [6.07, 6.45) is 0. The first-order chi connectivity index (χ1) is 7.29. The van der Waals surface area contributed by atoms with Crippen LogP contribution < -0.4 is 10.5 Å². The summed E-state index contributed by atoms with van der Waals surface area (Å²) in [5.74, 6) is 0.832. The predicted molar refractivity (Wildman–Crippen MR) is 65.3 cm³/mol. The normalized spacial score (nSPS) is 10.2. The van der Waals surface area contributed by atoms with Crippen LogP contribution in [0, 0.1) is 0 Å². The minimum Gasteiger partial charge on any atom is -0.494 e. The Hall–Kier alpha value is -1.48. The maximum absolute atomic E-state index is 5.82. The molecule has 1 aromatic heterocycles. The van der Waals surface area contributed by atoms with Crippen LogP contribution in [0.1, 0.15) is 6.92 Å². The van der Waals surface area contributed by atoms with Gasteiger partial charge in [0.25, 0.3) is 0 Å². The lowest BCUT2D eigenvalue weighted by Crippen LogP contribution is -1.93. The van der Waals surface area contributed by atoms with Gasteiger partial charge in [0, 0.05) is 11.8 Å². The molecule has 0 spiro atoms. The first kappa shape index (κ1) is 10.1. The number of nitrogens with two attached hydrogens (primary N) is 1. The van der Waals surface area contributed by atoms with Crippen LogP contribution in [0.2, 0.25) is 0 Å². The van der Waals surface area contributed by atoms with E-state index in [-0.39, 0.29) is 0 Å². The Bertz CT molecular complexity index is 437. The number of ether oxygens (including phenoxy) is 1. The lowest BCUT2D eigenvalue weighted by Gasteiger charge is -2.06. The number of hydrogen-bond acceptors (Lipinski definition) is 3. The Morgan fingerprint density at radius 1 is 1.27 bits per heavy atom. The van der Waals surface area contributed by atoms with E-state index in [1.54, 1.807) is 11.3 Å². The summed E-state index contributed by atoms with van der Waals surface area (Å²) in [6.45, 7) is 2.62. The molecule has 0 radical (unpaired) electrons. The third-order valence-electron chi connectivity index (χ3n) is 2.09. The van der Waals surface area contributed by atoms with E-state index in [1.807, 2.05) is 25.1 Å². The standard InChI is InChI=1S/C12H13NOS/c1-2-14-12-6-10(5-11(13)7-12)9-3-4-15-8-9/h3-8H,2,13H2,1H3. The molecule has 2 rings (SSSR count). The Balaban J connectivity index is 2.40. The molecule has 0 bridgehead atoms. The van der Waals surface area contributed by atoms with Gasteiger partial charge in [0.1, 0.15) is 5.75 Å². The number of anilines is 1. The van der Waals surface area contributed by atoms with Crippen molar-refractivity contribution < 1.29 is 4.74 Å². The van der Waals surface area contributed by atoms with Crippen molar-refractivity contribution in [1.29, 1.82) is 0 Å². The van der Waals surface area contributed by atoms with Crippen LogP contribution in [-0.2, 0) is 0 Å². The van der Waals surface area contributed by atoms with Gasteiger partial charge in [-0.2, -0.15) is 11.3 Å². The van der Waals surface area contributed by atoms with Crippen molar-refractivity contribution in [3.8, 4) is 16.9 Å². The molecular weight excluding hydrogens is 206 g/mol. The summed E-state index contributed by atoms with van der Waals surface area (Å²) in [4.78, 5) is 0. The third-order valence-corrected chi connectivity index (χ3v) is 2.78. The van der Waals surface area contributed by atoms with Crippen LogP contribution in [-0.4, -0.2) is 6.61 Å². The number of hydrogen-bond donors (Lipinski definition) is 1. The number of thiophene rings is 1. The van der Waals surface area contributed by atoms with Crippen LogP contribution in [0.4, 0.5) is 5.69 Å². The molecule has 2 nitrogen and oxygen atoms in total. The molecule has 0 aliphatic heterocycles. The molecule has 3 heteroatoms. The average molecular weight is 219 g/mol. The lowest BCUT2D eigenvalue weighted by molar-refractivity contribution is 0.340. The molecule has 2 N–H and O–H groups in total. The van der Waals surface area contributed by atoms with Gasteiger partial charge in [-0.3, -0.25) is 0 Å². The average Bonchev–Trinajstić information content (AvgIpc) is 2.70. The molecule has 0 saturated carbocycles. The highest BCUT2D eigenvalue weighted by molar-refractivity contribution is 7.08. The molecule has 78 valence electrons. The molecule has 0 unspecified atom stereocenters. The molecule has 1 heterocycles. The Labute approximate surface area is 93.3 Å². The summed E-state index contributed by atoms with van der Waals surface area (Å²) in [5.41, 5.74) is 8.86. The van der Waals surface area contributed by atoms with Crippen molar-refractivity contribution in [2.24, 2.45) is 0 Å². The largest absolute Gasteiger partial charge is 0.494 e. The molecule has 0 aliphatic rings. The van der Waals surface area contributed by atoms with Crippen molar-refractivity contribution in [2.75, 3.05) is 12.3 Å². The maximum Gasteiger partial charge on any atom is 0.121 e. The van der Waals surface area contributed by atoms with Gasteiger partial charge >= 0.3 is 0 Å². The lowest BCUT2D eigenvalue weighted by atomic mass is 10.1. The number of rotatable bonds is 3. The third kappa shape index (κ3) is 2.30. The zero-order chi connectivity index (χ0) is 10.7. The molecule has 2 aromatic rings. The van der Waals surface area contributed by atoms with E-state index in [2.05, 4.69) is 16.8 Å². The molecule has 0 amide bonds. The zero-order valence-corrected chi connectivity index (χ0v) is 9.38. The van der Waals surface area contributed by atoms with Crippen LogP contribution >= 0.6 is 11.3 Å². The van der Waals surface area contributed by atoms with Crippen molar-refractivity contribution in [1.82, 2.24) is 0 Å². The fourth-order valence-corrected chi connectivity index (χ4v) is 2.13. The van der Waals surface area contributed by atoms with Gasteiger partial charge in [-0.1, -0.05) is 0 Å². The van der Waals surface area contributed by atoms with E-state index in [1.165, 1.54) is 5.56 Å². The minimum absolute atomic E-state index is 0.659. The SMILES string of the molecule is CCOc1cc(N)cc(-c2ccsc2)c1. The van der Waals surface area contributed by atoms with Crippen LogP contribution in [0.5, 0.6) is 5.75 Å². The van der Waals surface area contributed by atoms with E-state index in [0.29, 0.717) is 6.61 Å². The van der Waals surface area contributed by atoms with Crippen LogP contribution in [0.3, 0.4) is 0 Å². The van der Waals surface area contributed by atoms with Crippen LogP contribution in [0.25, 0.3) is 11.1 Å². The predicted octanol–water partition coefficient (Wildman–Crippen LogP) is 3.40. The summed E-state index contributed by atoms with van der Waals surface area (Å²) in [7, 11) is 0. The fraction of sp³-hybridized carbons (Fsp3) is 0.167. The number of benzene rings is 1. The minimum atomic E-state index is 0.659. The van der Waals surface area contributed by atoms with Crippen LogP contribution in [0.15, 0.2) is 35.0 Å².